The van der Waals surface area contributed by atoms with Crippen LogP contribution in [0.1, 0.15) is 0 Å². The van der Waals surface area contributed by atoms with Crippen LogP contribution in [-0.2, 0) is 78.8 Å². The Labute approximate surface area is 210 Å². The predicted octanol–water partition coefficient (Wildman–Crippen LogP) is -8.64. The minimum absolute atomic E-state index is 0. The van der Waals surface area contributed by atoms with E-state index in [0.717, 1.165) is 0 Å². The molecule has 0 heterocycles. The fraction of sp³-hybridized carbons (Fsp3) is 0. The fourth-order valence-electron chi connectivity index (χ4n) is 0. The van der Waals surface area contributed by atoms with Crippen molar-refractivity contribution in [2.75, 3.05) is 0 Å². The van der Waals surface area contributed by atoms with Crippen LogP contribution in [0.5, 0.6) is 0 Å². The maximum Gasteiger partial charge on any atom is 3.00 e. The predicted molar refractivity (Wildman–Crippen MR) is 19.3 cm³/mol. The molecule has 0 aromatic heterocycles. The molecule has 0 rings (SSSR count). The van der Waals surface area contributed by atoms with Gasteiger partial charge in [0.25, 0.3) is 0 Å². The van der Waals surface area contributed by atoms with E-state index in [0.29, 0.717) is 0 Å². The SMILES string of the molecule is O=[Si]([O-])[O-].O=[Si]([O-])[O-].O=[Si]([O-])[O-].[Gd+3].[Gd+3].[Y].[Y]. The number of rotatable bonds is 0. The van der Waals surface area contributed by atoms with Gasteiger partial charge >= 0.3 is 79.9 Å². The number of hydrogen-bond acceptors (Lipinski definition) is 9. The summed E-state index contributed by atoms with van der Waals surface area (Å²) in [7, 11) is -10.9. The van der Waals surface area contributed by atoms with Crippen molar-refractivity contribution in [2.24, 2.45) is 0 Å². The van der Waals surface area contributed by atoms with Gasteiger partial charge in [-0.25, -0.2) is 0 Å². The van der Waals surface area contributed by atoms with Crippen LogP contribution in [0.15, 0.2) is 0 Å². The molecule has 0 saturated heterocycles. The van der Waals surface area contributed by atoms with Gasteiger partial charge in [0.1, 0.15) is 0 Å². The summed E-state index contributed by atoms with van der Waals surface area (Å²) in [5.74, 6) is 0. The summed E-state index contributed by atoms with van der Waals surface area (Å²) in [5.41, 5.74) is 0. The van der Waals surface area contributed by atoms with E-state index < -0.39 is 27.5 Å². The van der Waals surface area contributed by atoms with E-state index in [4.69, 9.17) is 42.2 Å². The van der Waals surface area contributed by atoms with E-state index in [1.807, 2.05) is 0 Å². The third kappa shape index (κ3) is 360. The van der Waals surface area contributed by atoms with Crippen LogP contribution in [0.25, 0.3) is 0 Å². The summed E-state index contributed by atoms with van der Waals surface area (Å²) in [6.07, 6.45) is 0. The monoisotopic (exact) mass is 722 g/mol. The van der Waals surface area contributed by atoms with Crippen LogP contribution in [0.3, 0.4) is 0 Å². The van der Waals surface area contributed by atoms with E-state index in [1.165, 1.54) is 0 Å². The van der Waals surface area contributed by atoms with Crippen LogP contribution in [-0.4, -0.2) is 27.5 Å². The first-order valence-electron chi connectivity index (χ1n) is 1.84. The van der Waals surface area contributed by atoms with Crippen LogP contribution in [0.2, 0.25) is 0 Å². The Hall–Kier alpha value is 3.71. The molecule has 0 aromatic rings. The van der Waals surface area contributed by atoms with Crippen molar-refractivity contribution in [3.8, 4) is 0 Å². The van der Waals surface area contributed by atoms with Gasteiger partial charge in [-0.2, -0.15) is 0 Å². The third-order valence-electron chi connectivity index (χ3n) is 0. The molecule has 88 valence electrons. The Morgan fingerprint density at radius 3 is 0.500 bits per heavy atom. The summed E-state index contributed by atoms with van der Waals surface area (Å²) < 4.78 is 25.6. The smallest absolute Gasteiger partial charge is 0.672 e. The molecule has 0 N–H and O–H groups in total. The fourth-order valence-corrected chi connectivity index (χ4v) is 0. The Bertz CT molecular complexity index is 124. The number of hydrogen-bond donors (Lipinski definition) is 0. The molecule has 0 bridgehead atoms. The molecule has 0 aliphatic rings. The topological polar surface area (TPSA) is 190 Å². The summed E-state index contributed by atoms with van der Waals surface area (Å²) in [6.45, 7) is 0. The molecule has 0 aliphatic heterocycles. The average molecular weight is 721 g/mol. The largest absolute Gasteiger partial charge is 3.00 e. The van der Waals surface area contributed by atoms with Gasteiger partial charge in [0.05, 0.1) is 0 Å². The summed E-state index contributed by atoms with van der Waals surface area (Å²) in [5, 5.41) is 0. The first-order valence-corrected chi connectivity index (χ1v) is 5.51. The molecule has 0 spiro atoms. The van der Waals surface area contributed by atoms with Gasteiger partial charge in [0.2, 0.25) is 0 Å². The van der Waals surface area contributed by atoms with Gasteiger partial charge in [0.15, 0.2) is 0 Å². The summed E-state index contributed by atoms with van der Waals surface area (Å²) in [4.78, 5) is 51.1. The van der Waals surface area contributed by atoms with E-state index in [2.05, 4.69) is 0 Å². The van der Waals surface area contributed by atoms with Gasteiger partial charge in [-0.3, -0.25) is 0 Å². The maximum atomic E-state index is 8.52. The normalized spacial score (nSPS) is 4.50. The molecule has 0 saturated carbocycles. The van der Waals surface area contributed by atoms with E-state index >= 15 is 0 Å². The van der Waals surface area contributed by atoms with Crippen LogP contribution >= 0.6 is 0 Å². The molecular weight excluding hydrogens is 721 g/mol. The van der Waals surface area contributed by atoms with Crippen molar-refractivity contribution in [2.45, 2.75) is 0 Å². The van der Waals surface area contributed by atoms with Gasteiger partial charge < -0.3 is 42.2 Å². The molecule has 0 atom stereocenters. The molecule has 4 radical (unpaired) electrons. The zero-order valence-electron chi connectivity index (χ0n) is 7.04. The molecule has 0 aliphatic carbocycles. The minimum atomic E-state index is -3.63. The van der Waals surface area contributed by atoms with Crippen molar-refractivity contribution in [3.05, 3.63) is 0 Å². The van der Waals surface area contributed by atoms with Crippen molar-refractivity contribution in [1.29, 1.82) is 0 Å². The first kappa shape index (κ1) is 42.7. The molecule has 0 aromatic carbocycles. The van der Waals surface area contributed by atoms with Crippen LogP contribution in [0.4, 0.5) is 0 Å². The second-order valence-electron chi connectivity index (χ2n) is 0.750. The van der Waals surface area contributed by atoms with E-state index in [-0.39, 0.29) is 145 Å². The average Bonchev–Trinajstić information content (AvgIpc) is 1.54. The molecule has 0 fully saturated rings. The molecule has 9 nitrogen and oxygen atoms in total. The zero-order valence-corrected chi connectivity index (χ0v) is 20.2. The Morgan fingerprint density at radius 1 is 0.500 bits per heavy atom. The Kier molecular flexibility index (Phi) is 97.0. The van der Waals surface area contributed by atoms with Gasteiger partial charge in [-0.1, -0.05) is 0 Å². The van der Waals surface area contributed by atoms with E-state index in [9.17, 15) is 0 Å². The van der Waals surface area contributed by atoms with Crippen molar-refractivity contribution in [1.82, 2.24) is 0 Å². The zero-order chi connectivity index (χ0) is 10.7. The maximum absolute atomic E-state index is 8.52. The first-order chi connectivity index (χ1) is 5.20. The van der Waals surface area contributed by atoms with Crippen molar-refractivity contribution in [3.63, 3.8) is 0 Å². The van der Waals surface area contributed by atoms with Gasteiger partial charge in [-0.05, 0) is 0 Å². The second kappa shape index (κ2) is 36.3. The summed E-state index contributed by atoms with van der Waals surface area (Å²) in [6, 6.07) is 0. The standard InChI is InChI=1S/2Gd.3O3Si.2Y/c;;3*1-4(2)3;;/q2*+3;3*-2;;. The molecular formula is Gd2O9Si3Y2. The summed E-state index contributed by atoms with van der Waals surface area (Å²) >= 11 is 0. The van der Waals surface area contributed by atoms with Gasteiger partial charge in [0, 0.05) is 92.9 Å². The quantitative estimate of drug-likeness (QED) is 0.219. The second-order valence-corrected chi connectivity index (χ2v) is 2.25. The molecule has 0 amide bonds. The van der Waals surface area contributed by atoms with Crippen LogP contribution in [0, 0.1) is 79.9 Å². The van der Waals surface area contributed by atoms with E-state index in [1.54, 1.807) is 0 Å². The molecule has 16 heteroatoms. The van der Waals surface area contributed by atoms with Crippen molar-refractivity contribution < 1.29 is 187 Å². The Balaban J connectivity index is -0.0000000135. The molecule has 0 unspecified atom stereocenters. The molecule has 16 heavy (non-hydrogen) atoms. The Morgan fingerprint density at radius 2 is 0.500 bits per heavy atom. The van der Waals surface area contributed by atoms with Gasteiger partial charge in [-0.15, -0.1) is 0 Å². The van der Waals surface area contributed by atoms with Crippen LogP contribution < -0.4 is 28.8 Å². The van der Waals surface area contributed by atoms with Crippen molar-refractivity contribution >= 4 is 27.5 Å². The third-order valence-corrected chi connectivity index (χ3v) is 0. The minimum Gasteiger partial charge on any atom is -0.672 e.